The first kappa shape index (κ1) is 8.90. The molecule has 0 amide bonds. The van der Waals surface area contributed by atoms with Gasteiger partial charge in [0.15, 0.2) is 0 Å². The first-order chi connectivity index (χ1) is 5.75. The zero-order chi connectivity index (χ0) is 8.97. The third kappa shape index (κ3) is 1.90. The van der Waals surface area contributed by atoms with Crippen molar-refractivity contribution in [1.82, 2.24) is 0 Å². The molecule has 0 aliphatic heterocycles. The molecule has 0 radical (unpaired) electrons. The molecule has 1 rings (SSSR count). The van der Waals surface area contributed by atoms with E-state index in [-0.39, 0.29) is 12.3 Å². The van der Waals surface area contributed by atoms with Crippen molar-refractivity contribution in [2.75, 3.05) is 0 Å². The SMILES string of the molecule is [N-]=[N+]=NCc1c(O)cccc1Br. The number of hydrogen-bond donors (Lipinski definition) is 1. The van der Waals surface area contributed by atoms with Gasteiger partial charge in [0.1, 0.15) is 5.75 Å². The molecule has 12 heavy (non-hydrogen) atoms. The number of phenolic OH excluding ortho intramolecular Hbond substituents is 1. The molecule has 0 aromatic heterocycles. The fourth-order valence-corrected chi connectivity index (χ4v) is 1.29. The van der Waals surface area contributed by atoms with Gasteiger partial charge in [0.05, 0.1) is 6.54 Å². The van der Waals surface area contributed by atoms with Crippen molar-refractivity contribution in [3.8, 4) is 5.75 Å². The number of benzene rings is 1. The van der Waals surface area contributed by atoms with Crippen LogP contribution >= 0.6 is 15.9 Å². The Bertz CT molecular complexity index is 313. The maximum Gasteiger partial charge on any atom is 0.120 e. The van der Waals surface area contributed by atoms with Gasteiger partial charge in [-0.25, -0.2) is 0 Å². The van der Waals surface area contributed by atoms with Crippen molar-refractivity contribution in [1.29, 1.82) is 0 Å². The summed E-state index contributed by atoms with van der Waals surface area (Å²) in [4.78, 5) is 2.61. The molecule has 4 nitrogen and oxygen atoms in total. The van der Waals surface area contributed by atoms with E-state index >= 15 is 0 Å². The zero-order valence-corrected chi connectivity index (χ0v) is 7.69. The van der Waals surface area contributed by atoms with Crippen molar-refractivity contribution in [3.63, 3.8) is 0 Å². The molecule has 0 atom stereocenters. The molecule has 5 heteroatoms. The summed E-state index contributed by atoms with van der Waals surface area (Å²) in [7, 11) is 0. The molecule has 0 unspecified atom stereocenters. The fourth-order valence-electron chi connectivity index (χ4n) is 0.806. The Hall–Kier alpha value is -1.19. The zero-order valence-electron chi connectivity index (χ0n) is 6.11. The van der Waals surface area contributed by atoms with E-state index in [2.05, 4.69) is 26.0 Å². The van der Waals surface area contributed by atoms with Crippen LogP contribution in [0.4, 0.5) is 0 Å². The molecule has 0 aliphatic carbocycles. The summed E-state index contributed by atoms with van der Waals surface area (Å²) in [5.41, 5.74) is 8.68. The van der Waals surface area contributed by atoms with Crippen molar-refractivity contribution >= 4 is 15.9 Å². The number of azide groups is 1. The number of halogens is 1. The Balaban J connectivity index is 3.03. The van der Waals surface area contributed by atoms with E-state index in [0.29, 0.717) is 5.56 Å². The normalized spacial score (nSPS) is 9.08. The van der Waals surface area contributed by atoms with Crippen LogP contribution in [-0.2, 0) is 6.54 Å². The minimum absolute atomic E-state index is 0.136. The van der Waals surface area contributed by atoms with Gasteiger partial charge in [-0.1, -0.05) is 27.1 Å². The van der Waals surface area contributed by atoms with Gasteiger partial charge in [-0.05, 0) is 17.7 Å². The molecular formula is C7H6BrN3O. The highest BCUT2D eigenvalue weighted by molar-refractivity contribution is 9.10. The van der Waals surface area contributed by atoms with E-state index in [0.717, 1.165) is 4.47 Å². The lowest BCUT2D eigenvalue weighted by molar-refractivity contribution is 0.468. The van der Waals surface area contributed by atoms with E-state index in [1.807, 2.05) is 0 Å². The molecule has 0 spiro atoms. The van der Waals surface area contributed by atoms with E-state index in [1.165, 1.54) is 0 Å². The Labute approximate surface area is 77.6 Å². The van der Waals surface area contributed by atoms with Crippen molar-refractivity contribution in [3.05, 3.63) is 38.7 Å². The second kappa shape index (κ2) is 3.99. The van der Waals surface area contributed by atoms with Crippen LogP contribution in [0.1, 0.15) is 5.56 Å². The Kier molecular flexibility index (Phi) is 2.96. The number of rotatable bonds is 2. The van der Waals surface area contributed by atoms with E-state index in [1.54, 1.807) is 18.2 Å². The highest BCUT2D eigenvalue weighted by atomic mass is 79.9. The maximum absolute atomic E-state index is 9.30. The van der Waals surface area contributed by atoms with Gasteiger partial charge in [-0.2, -0.15) is 0 Å². The summed E-state index contributed by atoms with van der Waals surface area (Å²) in [5, 5.41) is 12.7. The minimum atomic E-state index is 0.136. The standard InChI is InChI=1S/C7H6BrN3O/c8-6-2-1-3-7(12)5(6)4-10-11-9/h1-3,12H,4H2. The predicted molar refractivity (Wildman–Crippen MR) is 48.7 cm³/mol. The number of nitrogens with zero attached hydrogens (tertiary/aromatic N) is 3. The highest BCUT2D eigenvalue weighted by Crippen LogP contribution is 2.26. The fraction of sp³-hybridized carbons (Fsp3) is 0.143. The quantitative estimate of drug-likeness (QED) is 0.471. The predicted octanol–water partition coefficient (Wildman–Crippen LogP) is 2.96. The van der Waals surface area contributed by atoms with Gasteiger partial charge in [-0.3, -0.25) is 0 Å². The average Bonchev–Trinajstić information content (AvgIpc) is 2.04. The summed E-state index contributed by atoms with van der Waals surface area (Å²) < 4.78 is 0.745. The topological polar surface area (TPSA) is 69.0 Å². The van der Waals surface area contributed by atoms with Crippen molar-refractivity contribution in [2.45, 2.75) is 6.54 Å². The Morgan fingerprint density at radius 2 is 2.33 bits per heavy atom. The molecule has 1 N–H and O–H groups in total. The van der Waals surface area contributed by atoms with Crippen LogP contribution in [0.5, 0.6) is 5.75 Å². The van der Waals surface area contributed by atoms with Gasteiger partial charge < -0.3 is 5.11 Å². The summed E-state index contributed by atoms with van der Waals surface area (Å²) >= 11 is 3.23. The third-order valence-corrected chi connectivity index (χ3v) is 2.13. The van der Waals surface area contributed by atoms with Gasteiger partial charge >= 0.3 is 0 Å². The second-order valence-corrected chi connectivity index (χ2v) is 2.98. The van der Waals surface area contributed by atoms with Gasteiger partial charge in [-0.15, -0.1) is 0 Å². The van der Waals surface area contributed by atoms with Crippen LogP contribution in [0.25, 0.3) is 10.4 Å². The smallest absolute Gasteiger partial charge is 0.120 e. The van der Waals surface area contributed by atoms with Crippen LogP contribution in [0, 0.1) is 0 Å². The summed E-state index contributed by atoms with van der Waals surface area (Å²) in [6, 6.07) is 5.04. The molecular weight excluding hydrogens is 222 g/mol. The lowest BCUT2D eigenvalue weighted by Crippen LogP contribution is -1.83. The van der Waals surface area contributed by atoms with Gasteiger partial charge in [0.2, 0.25) is 0 Å². The molecule has 1 aromatic rings. The van der Waals surface area contributed by atoms with Crippen LogP contribution in [-0.4, -0.2) is 5.11 Å². The minimum Gasteiger partial charge on any atom is -0.508 e. The second-order valence-electron chi connectivity index (χ2n) is 2.13. The highest BCUT2D eigenvalue weighted by Gasteiger charge is 2.02. The summed E-state index contributed by atoms with van der Waals surface area (Å²) in [5.74, 6) is 0.136. The third-order valence-electron chi connectivity index (χ3n) is 1.39. The van der Waals surface area contributed by atoms with E-state index < -0.39 is 0 Å². The molecule has 1 aromatic carbocycles. The molecule has 0 fully saturated rings. The van der Waals surface area contributed by atoms with Crippen molar-refractivity contribution < 1.29 is 5.11 Å². The number of hydrogen-bond acceptors (Lipinski definition) is 2. The lowest BCUT2D eigenvalue weighted by atomic mass is 10.2. The number of phenols is 1. The Morgan fingerprint density at radius 3 is 2.92 bits per heavy atom. The van der Waals surface area contributed by atoms with E-state index in [9.17, 15) is 5.11 Å². The molecule has 0 heterocycles. The summed E-state index contributed by atoms with van der Waals surface area (Å²) in [6.45, 7) is 0.157. The van der Waals surface area contributed by atoms with Crippen molar-refractivity contribution in [2.24, 2.45) is 5.11 Å². The first-order valence-electron chi connectivity index (χ1n) is 3.23. The maximum atomic E-state index is 9.30. The molecule has 0 aliphatic rings. The van der Waals surface area contributed by atoms with Gasteiger partial charge in [0.25, 0.3) is 0 Å². The van der Waals surface area contributed by atoms with E-state index in [4.69, 9.17) is 5.53 Å². The van der Waals surface area contributed by atoms with Crippen LogP contribution in [0.15, 0.2) is 27.8 Å². The average molecular weight is 228 g/mol. The van der Waals surface area contributed by atoms with Gasteiger partial charge in [0, 0.05) is 14.9 Å². The lowest BCUT2D eigenvalue weighted by Gasteiger charge is -2.01. The molecule has 62 valence electrons. The molecule has 0 saturated carbocycles. The molecule has 0 bridgehead atoms. The van der Waals surface area contributed by atoms with Crippen LogP contribution in [0.2, 0.25) is 0 Å². The molecule has 0 saturated heterocycles. The number of aromatic hydroxyl groups is 1. The largest absolute Gasteiger partial charge is 0.508 e. The monoisotopic (exact) mass is 227 g/mol. The Morgan fingerprint density at radius 1 is 1.58 bits per heavy atom. The van der Waals surface area contributed by atoms with Crippen LogP contribution < -0.4 is 0 Å². The first-order valence-corrected chi connectivity index (χ1v) is 4.02. The summed E-state index contributed by atoms with van der Waals surface area (Å²) in [6.07, 6.45) is 0. The van der Waals surface area contributed by atoms with Crippen LogP contribution in [0.3, 0.4) is 0 Å².